The van der Waals surface area contributed by atoms with E-state index in [9.17, 15) is 4.79 Å². The number of hydrazone groups is 1. The van der Waals surface area contributed by atoms with Gasteiger partial charge in [-0.1, -0.05) is 71.3 Å². The van der Waals surface area contributed by atoms with Crippen molar-refractivity contribution in [2.45, 2.75) is 14.4 Å². The molecular weight excluding hydrogens is 392 g/mol. The van der Waals surface area contributed by atoms with Crippen LogP contribution in [-0.4, -0.2) is 28.1 Å². The van der Waals surface area contributed by atoms with E-state index in [-0.39, 0.29) is 11.7 Å². The topological polar surface area (TPSA) is 67.2 Å². The van der Waals surface area contributed by atoms with Crippen LogP contribution in [-0.2, 0) is 10.5 Å². The van der Waals surface area contributed by atoms with Crippen molar-refractivity contribution >= 4 is 58.3 Å². The minimum Gasteiger partial charge on any atom is -0.272 e. The normalized spacial score (nSPS) is 11.0. The number of nitrogens with one attached hydrogen (secondary N) is 1. The number of rotatable bonds is 8. The number of thiophene rings is 1. The zero-order valence-corrected chi connectivity index (χ0v) is 16.3. The molecule has 3 rings (SSSR count). The van der Waals surface area contributed by atoms with Crippen molar-refractivity contribution in [3.05, 3.63) is 58.3 Å². The Morgan fingerprint density at radius 2 is 1.92 bits per heavy atom. The van der Waals surface area contributed by atoms with Gasteiger partial charge in [0.1, 0.15) is 0 Å². The van der Waals surface area contributed by atoms with Gasteiger partial charge >= 0.3 is 0 Å². The van der Waals surface area contributed by atoms with Gasteiger partial charge < -0.3 is 0 Å². The number of benzene rings is 1. The zero-order chi connectivity index (χ0) is 17.3. The van der Waals surface area contributed by atoms with E-state index >= 15 is 0 Å². The quantitative estimate of drug-likeness (QED) is 0.346. The molecule has 5 nitrogen and oxygen atoms in total. The van der Waals surface area contributed by atoms with E-state index in [0.717, 1.165) is 19.3 Å². The molecule has 2 heterocycles. The Kier molecular flexibility index (Phi) is 7.04. The van der Waals surface area contributed by atoms with Crippen molar-refractivity contribution in [2.75, 3.05) is 5.75 Å². The van der Waals surface area contributed by atoms with E-state index in [4.69, 9.17) is 0 Å². The zero-order valence-electron chi connectivity index (χ0n) is 13.0. The van der Waals surface area contributed by atoms with Crippen LogP contribution in [0.1, 0.15) is 10.4 Å². The average molecular weight is 407 g/mol. The smallest absolute Gasteiger partial charge is 0.250 e. The van der Waals surface area contributed by atoms with Gasteiger partial charge in [-0.05, 0) is 17.0 Å². The van der Waals surface area contributed by atoms with Gasteiger partial charge in [0.05, 0.1) is 12.0 Å². The van der Waals surface area contributed by atoms with Gasteiger partial charge in [-0.15, -0.1) is 21.5 Å². The second kappa shape index (κ2) is 9.71. The molecule has 0 aliphatic rings. The van der Waals surface area contributed by atoms with Crippen LogP contribution in [0.5, 0.6) is 0 Å². The highest BCUT2D eigenvalue weighted by Gasteiger charge is 2.08. The van der Waals surface area contributed by atoms with Crippen LogP contribution in [0.4, 0.5) is 0 Å². The van der Waals surface area contributed by atoms with Crippen LogP contribution in [0.3, 0.4) is 0 Å². The Morgan fingerprint density at radius 3 is 2.68 bits per heavy atom. The van der Waals surface area contributed by atoms with E-state index < -0.39 is 0 Å². The second-order valence-corrected chi connectivity index (χ2v) is 9.11. The molecule has 0 aliphatic carbocycles. The predicted molar refractivity (Wildman–Crippen MR) is 107 cm³/mol. The lowest BCUT2D eigenvalue weighted by Gasteiger charge is -1.97. The Balaban J connectivity index is 1.40. The summed E-state index contributed by atoms with van der Waals surface area (Å²) >= 11 is 6.09. The molecule has 1 N–H and O–H groups in total. The van der Waals surface area contributed by atoms with Crippen molar-refractivity contribution in [3.8, 4) is 0 Å². The van der Waals surface area contributed by atoms with E-state index in [1.165, 1.54) is 28.7 Å². The van der Waals surface area contributed by atoms with Gasteiger partial charge in [-0.25, -0.2) is 5.43 Å². The standard InChI is InChI=1S/C16H14N4OS4/c21-14(18-17-9-13-7-4-8-22-13)11-24-16-20-19-15(25-16)23-10-12-5-2-1-3-6-12/h1-9H,10-11H2,(H,18,21). The van der Waals surface area contributed by atoms with Gasteiger partial charge in [0.15, 0.2) is 8.68 Å². The summed E-state index contributed by atoms with van der Waals surface area (Å²) in [5.74, 6) is 0.962. The molecule has 0 aliphatic heterocycles. The molecular formula is C16H14N4OS4. The van der Waals surface area contributed by atoms with Crippen molar-refractivity contribution in [3.63, 3.8) is 0 Å². The second-order valence-electron chi connectivity index (χ2n) is 4.71. The number of amides is 1. The maximum atomic E-state index is 11.8. The lowest BCUT2D eigenvalue weighted by molar-refractivity contribution is -0.118. The Morgan fingerprint density at radius 1 is 1.12 bits per heavy atom. The van der Waals surface area contributed by atoms with E-state index in [2.05, 4.69) is 32.9 Å². The van der Waals surface area contributed by atoms with Crippen molar-refractivity contribution in [1.82, 2.24) is 15.6 Å². The number of aromatic nitrogens is 2. The molecule has 25 heavy (non-hydrogen) atoms. The molecule has 9 heteroatoms. The third kappa shape index (κ3) is 6.28. The van der Waals surface area contributed by atoms with Crippen LogP contribution in [0.25, 0.3) is 0 Å². The lowest BCUT2D eigenvalue weighted by atomic mass is 10.2. The van der Waals surface area contributed by atoms with Crippen molar-refractivity contribution in [2.24, 2.45) is 5.10 Å². The van der Waals surface area contributed by atoms with Crippen LogP contribution in [0.15, 0.2) is 61.6 Å². The summed E-state index contributed by atoms with van der Waals surface area (Å²) in [7, 11) is 0. The van der Waals surface area contributed by atoms with Crippen LogP contribution in [0.2, 0.25) is 0 Å². The van der Waals surface area contributed by atoms with Gasteiger partial charge in [0.2, 0.25) is 0 Å². The van der Waals surface area contributed by atoms with Gasteiger partial charge in [-0.2, -0.15) is 5.10 Å². The van der Waals surface area contributed by atoms with E-state index in [0.29, 0.717) is 0 Å². The molecule has 1 amide bonds. The molecule has 0 radical (unpaired) electrons. The van der Waals surface area contributed by atoms with Gasteiger partial charge in [-0.3, -0.25) is 4.79 Å². The Hall–Kier alpha value is -1.68. The Labute approximate surface area is 162 Å². The molecule has 0 saturated heterocycles. The first kappa shape index (κ1) is 18.1. The third-order valence-corrected chi connectivity index (χ3v) is 6.91. The molecule has 0 saturated carbocycles. The number of hydrogen-bond donors (Lipinski definition) is 1. The highest BCUT2D eigenvalue weighted by atomic mass is 32.2. The fourth-order valence-corrected chi connectivity index (χ4v) is 5.08. The summed E-state index contributed by atoms with van der Waals surface area (Å²) in [6, 6.07) is 14.1. The highest BCUT2D eigenvalue weighted by molar-refractivity contribution is 8.03. The van der Waals surface area contributed by atoms with Crippen molar-refractivity contribution < 1.29 is 4.79 Å². The molecule has 2 aromatic heterocycles. The molecule has 0 unspecified atom stereocenters. The summed E-state index contributed by atoms with van der Waals surface area (Å²) in [5.41, 5.74) is 3.76. The summed E-state index contributed by atoms with van der Waals surface area (Å²) in [6.45, 7) is 0. The molecule has 3 aromatic rings. The van der Waals surface area contributed by atoms with Crippen LogP contribution < -0.4 is 5.43 Å². The number of nitrogens with zero attached hydrogens (tertiary/aromatic N) is 3. The Bertz CT molecular complexity index is 818. The largest absolute Gasteiger partial charge is 0.272 e. The molecule has 0 bridgehead atoms. The number of hydrogen-bond acceptors (Lipinski definition) is 8. The number of carbonyl (C=O) groups excluding carboxylic acids is 1. The molecule has 128 valence electrons. The lowest BCUT2D eigenvalue weighted by Crippen LogP contribution is -2.19. The first-order valence-electron chi connectivity index (χ1n) is 7.28. The first-order chi connectivity index (χ1) is 12.3. The van der Waals surface area contributed by atoms with Crippen molar-refractivity contribution in [1.29, 1.82) is 0 Å². The summed E-state index contributed by atoms with van der Waals surface area (Å²) in [4.78, 5) is 12.8. The minimum absolute atomic E-state index is 0.161. The average Bonchev–Trinajstić information content (AvgIpc) is 3.31. The molecule has 0 fully saturated rings. The van der Waals surface area contributed by atoms with E-state index in [1.54, 1.807) is 29.3 Å². The van der Waals surface area contributed by atoms with Crippen LogP contribution >= 0.6 is 46.2 Å². The number of carbonyl (C=O) groups is 1. The fraction of sp³-hybridized carbons (Fsp3) is 0.125. The highest BCUT2D eigenvalue weighted by Crippen LogP contribution is 2.30. The monoisotopic (exact) mass is 406 g/mol. The summed E-state index contributed by atoms with van der Waals surface area (Å²) in [6.07, 6.45) is 1.64. The maximum absolute atomic E-state index is 11.8. The first-order valence-corrected chi connectivity index (χ1v) is 10.9. The minimum atomic E-state index is -0.161. The molecule has 0 atom stereocenters. The molecule has 1 aromatic carbocycles. The summed E-state index contributed by atoms with van der Waals surface area (Å²) in [5, 5.41) is 14.2. The molecule has 0 spiro atoms. The van der Waals surface area contributed by atoms with Gasteiger partial charge in [0.25, 0.3) is 5.91 Å². The predicted octanol–water partition coefficient (Wildman–Crippen LogP) is 4.13. The maximum Gasteiger partial charge on any atom is 0.250 e. The number of thioether (sulfide) groups is 2. The summed E-state index contributed by atoms with van der Waals surface area (Å²) < 4.78 is 1.69. The van der Waals surface area contributed by atoms with Gasteiger partial charge in [0, 0.05) is 10.6 Å². The van der Waals surface area contributed by atoms with E-state index in [1.807, 2.05) is 35.7 Å². The van der Waals surface area contributed by atoms with Crippen LogP contribution in [0, 0.1) is 0 Å². The SMILES string of the molecule is O=C(CSc1nnc(SCc2ccccc2)s1)NN=Cc1cccs1. The fourth-order valence-electron chi connectivity index (χ4n) is 1.73. The third-order valence-electron chi connectivity index (χ3n) is 2.84.